The number of methoxy groups -OCH3 is 1. The Labute approximate surface area is 108 Å². The zero-order chi connectivity index (χ0) is 13.0. The highest BCUT2D eigenvalue weighted by atomic mass is 16.5. The molecule has 2 rings (SSSR count). The van der Waals surface area contributed by atoms with Crippen molar-refractivity contribution in [3.8, 4) is 0 Å². The first-order valence-corrected chi connectivity index (χ1v) is 6.07. The molecular weight excluding hydrogens is 226 g/mol. The molecule has 0 aliphatic heterocycles. The molecule has 96 valence electrons. The molecule has 1 N–H and O–H groups in total. The maximum absolute atomic E-state index is 5.29. The molecule has 0 saturated carbocycles. The molecule has 0 saturated heterocycles. The van der Waals surface area contributed by atoms with Crippen molar-refractivity contribution >= 4 is 11.6 Å². The van der Waals surface area contributed by atoms with Crippen molar-refractivity contribution in [1.29, 1.82) is 0 Å². The van der Waals surface area contributed by atoms with Gasteiger partial charge in [0.2, 0.25) is 5.95 Å². The van der Waals surface area contributed by atoms with Crippen molar-refractivity contribution in [3.63, 3.8) is 0 Å². The molecule has 0 radical (unpaired) electrons. The molecule has 18 heavy (non-hydrogen) atoms. The minimum atomic E-state index is 0.162. The fourth-order valence-corrected chi connectivity index (χ4v) is 1.79. The van der Waals surface area contributed by atoms with Crippen LogP contribution in [0.2, 0.25) is 0 Å². The van der Waals surface area contributed by atoms with E-state index in [4.69, 9.17) is 4.74 Å². The molecule has 0 aliphatic rings. The molecule has 1 aromatic heterocycles. The maximum atomic E-state index is 5.29. The number of hydrogen-bond donors (Lipinski definition) is 1. The number of para-hydroxylation sites is 1. The van der Waals surface area contributed by atoms with E-state index in [-0.39, 0.29) is 6.10 Å². The molecule has 0 amide bonds. The zero-order valence-corrected chi connectivity index (χ0v) is 11.1. The Morgan fingerprint density at radius 2 is 2.06 bits per heavy atom. The lowest BCUT2D eigenvalue weighted by Gasteiger charge is -2.13. The van der Waals surface area contributed by atoms with Crippen LogP contribution in [0.4, 0.5) is 11.6 Å². The summed E-state index contributed by atoms with van der Waals surface area (Å²) in [6.07, 6.45) is 2.19. The molecule has 0 bridgehead atoms. The second-order valence-corrected chi connectivity index (χ2v) is 4.40. The highest BCUT2D eigenvalue weighted by molar-refractivity contribution is 5.53. The SMILES string of the molecule is COC(C)Cn1cc(C)nc1Nc1ccccc1. The quantitative estimate of drug-likeness (QED) is 0.880. The first-order chi connectivity index (χ1) is 8.69. The summed E-state index contributed by atoms with van der Waals surface area (Å²) in [5.41, 5.74) is 2.03. The normalized spacial score (nSPS) is 12.4. The van der Waals surface area contributed by atoms with Gasteiger partial charge in [0, 0.05) is 19.0 Å². The largest absolute Gasteiger partial charge is 0.380 e. The lowest BCUT2D eigenvalue weighted by Crippen LogP contribution is -2.15. The van der Waals surface area contributed by atoms with Gasteiger partial charge in [-0.1, -0.05) is 18.2 Å². The highest BCUT2D eigenvalue weighted by Gasteiger charge is 2.08. The van der Waals surface area contributed by atoms with Crippen molar-refractivity contribution in [2.75, 3.05) is 12.4 Å². The van der Waals surface area contributed by atoms with E-state index >= 15 is 0 Å². The van der Waals surface area contributed by atoms with Crippen LogP contribution in [0.15, 0.2) is 36.5 Å². The van der Waals surface area contributed by atoms with Crippen molar-refractivity contribution in [3.05, 3.63) is 42.2 Å². The number of benzene rings is 1. The smallest absolute Gasteiger partial charge is 0.207 e. The average Bonchev–Trinajstić information content (AvgIpc) is 2.70. The van der Waals surface area contributed by atoms with Gasteiger partial charge in [0.25, 0.3) is 0 Å². The van der Waals surface area contributed by atoms with Gasteiger partial charge >= 0.3 is 0 Å². The van der Waals surface area contributed by atoms with Crippen LogP contribution >= 0.6 is 0 Å². The predicted octanol–water partition coefficient (Wildman–Crippen LogP) is 2.97. The first-order valence-electron chi connectivity index (χ1n) is 6.07. The second-order valence-electron chi connectivity index (χ2n) is 4.40. The van der Waals surface area contributed by atoms with Gasteiger partial charge in [-0.3, -0.25) is 0 Å². The molecule has 0 spiro atoms. The number of nitrogens with one attached hydrogen (secondary N) is 1. The zero-order valence-electron chi connectivity index (χ0n) is 11.1. The number of aromatic nitrogens is 2. The van der Waals surface area contributed by atoms with Gasteiger partial charge in [0.05, 0.1) is 18.3 Å². The van der Waals surface area contributed by atoms with Gasteiger partial charge in [0.1, 0.15) is 0 Å². The number of rotatable bonds is 5. The molecule has 0 aliphatic carbocycles. The number of aryl methyl sites for hydroxylation is 1. The van der Waals surface area contributed by atoms with Crippen LogP contribution in [-0.2, 0) is 11.3 Å². The topological polar surface area (TPSA) is 39.1 Å². The van der Waals surface area contributed by atoms with Crippen molar-refractivity contribution in [2.45, 2.75) is 26.5 Å². The second kappa shape index (κ2) is 5.69. The van der Waals surface area contributed by atoms with E-state index in [1.165, 1.54) is 0 Å². The van der Waals surface area contributed by atoms with E-state index in [9.17, 15) is 0 Å². The van der Waals surface area contributed by atoms with Gasteiger partial charge in [-0.25, -0.2) is 4.98 Å². The van der Waals surface area contributed by atoms with Crippen LogP contribution < -0.4 is 5.32 Å². The molecule has 1 heterocycles. The Bertz CT molecular complexity index is 493. The summed E-state index contributed by atoms with van der Waals surface area (Å²) in [6, 6.07) is 10.0. The molecule has 1 unspecified atom stereocenters. The standard InChI is InChI=1S/C14H19N3O/c1-11-9-17(10-12(2)18-3)14(15-11)16-13-7-5-4-6-8-13/h4-9,12H,10H2,1-3H3,(H,15,16). The monoisotopic (exact) mass is 245 g/mol. The first kappa shape index (κ1) is 12.6. The summed E-state index contributed by atoms with van der Waals surface area (Å²) in [7, 11) is 1.72. The van der Waals surface area contributed by atoms with Gasteiger partial charge < -0.3 is 14.6 Å². The van der Waals surface area contributed by atoms with Gasteiger partial charge in [0.15, 0.2) is 0 Å². The van der Waals surface area contributed by atoms with Crippen LogP contribution in [-0.4, -0.2) is 22.8 Å². The summed E-state index contributed by atoms with van der Waals surface area (Å²) in [6.45, 7) is 4.82. The third-order valence-corrected chi connectivity index (χ3v) is 2.78. The van der Waals surface area contributed by atoms with E-state index in [2.05, 4.69) is 14.9 Å². The minimum Gasteiger partial charge on any atom is -0.380 e. The van der Waals surface area contributed by atoms with E-state index in [1.807, 2.05) is 50.4 Å². The Kier molecular flexibility index (Phi) is 3.99. The third-order valence-electron chi connectivity index (χ3n) is 2.78. The Morgan fingerprint density at radius 3 is 2.72 bits per heavy atom. The molecule has 1 atom stereocenters. The fourth-order valence-electron chi connectivity index (χ4n) is 1.79. The maximum Gasteiger partial charge on any atom is 0.207 e. The Hall–Kier alpha value is -1.81. The van der Waals surface area contributed by atoms with Gasteiger partial charge in [-0.05, 0) is 26.0 Å². The minimum absolute atomic E-state index is 0.162. The van der Waals surface area contributed by atoms with Crippen molar-refractivity contribution < 1.29 is 4.74 Å². The van der Waals surface area contributed by atoms with Gasteiger partial charge in [-0.2, -0.15) is 0 Å². The summed E-state index contributed by atoms with van der Waals surface area (Å²) in [5.74, 6) is 0.850. The number of hydrogen-bond acceptors (Lipinski definition) is 3. The molecule has 1 aromatic carbocycles. The highest BCUT2D eigenvalue weighted by Crippen LogP contribution is 2.16. The van der Waals surface area contributed by atoms with Crippen molar-refractivity contribution in [1.82, 2.24) is 9.55 Å². The third kappa shape index (κ3) is 3.11. The van der Waals surface area contributed by atoms with Crippen LogP contribution in [0.25, 0.3) is 0 Å². The fraction of sp³-hybridized carbons (Fsp3) is 0.357. The van der Waals surface area contributed by atoms with Crippen LogP contribution in [0, 0.1) is 6.92 Å². The Morgan fingerprint density at radius 1 is 1.33 bits per heavy atom. The number of ether oxygens (including phenoxy) is 1. The average molecular weight is 245 g/mol. The molecule has 0 fully saturated rings. The summed E-state index contributed by atoms with van der Waals surface area (Å²) in [5, 5.41) is 3.32. The van der Waals surface area contributed by atoms with Crippen molar-refractivity contribution in [2.24, 2.45) is 0 Å². The molecular formula is C14H19N3O. The summed E-state index contributed by atoms with van der Waals surface area (Å²) >= 11 is 0. The number of anilines is 2. The number of imidazole rings is 1. The number of nitrogens with zero attached hydrogens (tertiary/aromatic N) is 2. The van der Waals surface area contributed by atoms with Gasteiger partial charge in [-0.15, -0.1) is 0 Å². The van der Waals surface area contributed by atoms with E-state index < -0.39 is 0 Å². The molecule has 2 aromatic rings. The molecule has 4 heteroatoms. The van der Waals surface area contributed by atoms with Crippen LogP contribution in [0.1, 0.15) is 12.6 Å². The summed E-state index contributed by atoms with van der Waals surface area (Å²) in [4.78, 5) is 4.49. The Balaban J connectivity index is 2.17. The van der Waals surface area contributed by atoms with E-state index in [0.29, 0.717) is 0 Å². The lowest BCUT2D eigenvalue weighted by molar-refractivity contribution is 0.104. The van der Waals surface area contributed by atoms with E-state index in [0.717, 1.165) is 23.9 Å². The van der Waals surface area contributed by atoms with Crippen LogP contribution in [0.3, 0.4) is 0 Å². The van der Waals surface area contributed by atoms with Crippen LogP contribution in [0.5, 0.6) is 0 Å². The summed E-state index contributed by atoms with van der Waals surface area (Å²) < 4.78 is 7.37. The lowest BCUT2D eigenvalue weighted by atomic mass is 10.3. The predicted molar refractivity (Wildman–Crippen MR) is 73.2 cm³/mol. The van der Waals surface area contributed by atoms with E-state index in [1.54, 1.807) is 7.11 Å². The molecule has 4 nitrogen and oxygen atoms in total.